The first-order valence-corrected chi connectivity index (χ1v) is 13.9. The maximum Gasteiger partial charge on any atom is 0.337 e. The highest BCUT2D eigenvalue weighted by molar-refractivity contribution is 5.90. The van der Waals surface area contributed by atoms with Crippen molar-refractivity contribution < 1.29 is 14.3 Å². The molecule has 1 saturated heterocycles. The van der Waals surface area contributed by atoms with Crippen molar-refractivity contribution in [1.82, 2.24) is 14.7 Å². The average Bonchev–Trinajstić information content (AvgIpc) is 3.00. The first-order valence-electron chi connectivity index (χ1n) is 13.9. The minimum Gasteiger partial charge on any atom is -0.465 e. The fourth-order valence-electron chi connectivity index (χ4n) is 4.30. The minimum absolute atomic E-state index is 0.0893. The number of allylic oxidation sites excluding steroid dienone is 4. The number of methoxy groups -OCH3 is 1. The van der Waals surface area contributed by atoms with E-state index >= 15 is 0 Å². The molecule has 1 atom stereocenters. The molecule has 1 amide bonds. The molecule has 1 fully saturated rings. The van der Waals surface area contributed by atoms with Gasteiger partial charge < -0.3 is 14.5 Å². The van der Waals surface area contributed by atoms with Crippen LogP contribution in [0.5, 0.6) is 0 Å². The van der Waals surface area contributed by atoms with E-state index in [0.29, 0.717) is 18.7 Å². The second-order valence-electron chi connectivity index (χ2n) is 9.22. The number of amides is 1. The molecule has 7 nitrogen and oxygen atoms in total. The van der Waals surface area contributed by atoms with Gasteiger partial charge in [-0.05, 0) is 54.8 Å². The van der Waals surface area contributed by atoms with Gasteiger partial charge in [-0.25, -0.2) is 4.79 Å². The lowest BCUT2D eigenvalue weighted by molar-refractivity contribution is -0.133. The Labute approximate surface area is 240 Å². The van der Waals surface area contributed by atoms with Crippen LogP contribution in [0.4, 0.5) is 0 Å². The molecule has 0 aromatic heterocycles. The van der Waals surface area contributed by atoms with E-state index < -0.39 is 0 Å². The summed E-state index contributed by atoms with van der Waals surface area (Å²) in [4.78, 5) is 35.8. The number of piperazine rings is 1. The van der Waals surface area contributed by atoms with E-state index in [1.54, 1.807) is 12.1 Å². The Morgan fingerprint density at radius 1 is 1.00 bits per heavy atom. The number of ether oxygens (including phenoxy) is 1. The number of carbonyl (C=O) groups excluding carboxylic acids is 2. The number of likely N-dealkylation sites (N-methyl/N-ethyl adjacent to an activating group) is 1. The third kappa shape index (κ3) is 9.35. The Morgan fingerprint density at radius 3 is 2.17 bits per heavy atom. The monoisotopic (exact) mass is 544 g/mol. The van der Waals surface area contributed by atoms with E-state index in [4.69, 9.17) is 4.74 Å². The largest absolute Gasteiger partial charge is 0.465 e. The van der Waals surface area contributed by atoms with E-state index in [9.17, 15) is 9.59 Å². The maximum atomic E-state index is 13.3. The van der Waals surface area contributed by atoms with Gasteiger partial charge in [0, 0.05) is 45.1 Å². The Morgan fingerprint density at radius 2 is 1.60 bits per heavy atom. The van der Waals surface area contributed by atoms with Gasteiger partial charge in [0.25, 0.3) is 0 Å². The van der Waals surface area contributed by atoms with Crippen LogP contribution in [0.1, 0.15) is 49.2 Å². The molecule has 1 heterocycles. The molecular weight excluding hydrogens is 500 g/mol. The van der Waals surface area contributed by atoms with Gasteiger partial charge in [0.15, 0.2) is 0 Å². The SMILES string of the molecule is C=C(/C=C(/c1ccccc1)N(C)CC(=O)N1CCN(C(C)/N=C\C=C/C)CC1)c1ccc(C(=O)OC)cc1.CC. The van der Waals surface area contributed by atoms with Crippen molar-refractivity contribution in [3.63, 3.8) is 0 Å². The van der Waals surface area contributed by atoms with Crippen LogP contribution in [0.25, 0.3) is 11.3 Å². The normalized spacial score (nSPS) is 14.9. The summed E-state index contributed by atoms with van der Waals surface area (Å²) >= 11 is 0. The summed E-state index contributed by atoms with van der Waals surface area (Å²) in [7, 11) is 3.29. The Hall–Kier alpha value is -3.97. The maximum absolute atomic E-state index is 13.3. The van der Waals surface area contributed by atoms with E-state index in [1.807, 2.05) is 105 Å². The zero-order chi connectivity index (χ0) is 29.5. The average molecular weight is 545 g/mol. The Balaban J connectivity index is 0.00000274. The smallest absolute Gasteiger partial charge is 0.337 e. The highest BCUT2D eigenvalue weighted by Crippen LogP contribution is 2.24. The number of esters is 1. The van der Waals surface area contributed by atoms with Crippen LogP contribution in [-0.2, 0) is 9.53 Å². The fraction of sp³-hybridized carbons (Fsp3) is 0.364. The third-order valence-corrected chi connectivity index (χ3v) is 6.62. The van der Waals surface area contributed by atoms with Crippen molar-refractivity contribution in [3.05, 3.63) is 96.1 Å². The first-order chi connectivity index (χ1) is 19.3. The van der Waals surface area contributed by atoms with Crippen LogP contribution >= 0.6 is 0 Å². The molecule has 0 bridgehead atoms. The standard InChI is InChI=1S/C31H38N4O3.C2H6/c1-6-7-17-32-25(3)34-18-20-35(21-19-34)30(36)23-33(4)29(27-11-9-8-10-12-27)22-24(2)26-13-15-28(16-14-26)31(37)38-5;1-2/h6-17,22,25H,2,18-21,23H2,1,3-5H3;1-2H3/b7-6-,29-22-,32-17-;. The summed E-state index contributed by atoms with van der Waals surface area (Å²) in [5.41, 5.74) is 4.03. The third-order valence-electron chi connectivity index (χ3n) is 6.62. The van der Waals surface area contributed by atoms with Gasteiger partial charge in [-0.15, -0.1) is 0 Å². The van der Waals surface area contributed by atoms with Crippen molar-refractivity contribution in [3.8, 4) is 0 Å². The lowest BCUT2D eigenvalue weighted by Crippen LogP contribution is -2.52. The summed E-state index contributed by atoms with van der Waals surface area (Å²) in [5, 5.41) is 0. The molecule has 214 valence electrons. The number of nitrogens with zero attached hydrogens (tertiary/aromatic N) is 4. The predicted octanol–water partition coefficient (Wildman–Crippen LogP) is 5.62. The van der Waals surface area contributed by atoms with Crippen LogP contribution in [0.2, 0.25) is 0 Å². The number of carbonyl (C=O) groups is 2. The summed E-state index contributed by atoms with van der Waals surface area (Å²) in [6.45, 7) is 15.5. The van der Waals surface area contributed by atoms with Crippen LogP contribution in [0, 0.1) is 0 Å². The summed E-state index contributed by atoms with van der Waals surface area (Å²) < 4.78 is 4.79. The molecule has 0 radical (unpaired) electrons. The van der Waals surface area contributed by atoms with Crippen LogP contribution in [-0.4, -0.2) is 85.8 Å². The number of benzene rings is 2. The lowest BCUT2D eigenvalue weighted by atomic mass is 10.0. The zero-order valence-electron chi connectivity index (χ0n) is 24.8. The molecule has 0 spiro atoms. The van der Waals surface area contributed by atoms with Gasteiger partial charge >= 0.3 is 5.97 Å². The molecule has 3 rings (SSSR count). The van der Waals surface area contributed by atoms with Crippen molar-refractivity contribution in [1.29, 1.82) is 0 Å². The minimum atomic E-state index is -0.377. The molecule has 0 aliphatic carbocycles. The van der Waals surface area contributed by atoms with Gasteiger partial charge in [-0.1, -0.05) is 69.0 Å². The molecule has 0 saturated carbocycles. The quantitative estimate of drug-likeness (QED) is 0.221. The second-order valence-corrected chi connectivity index (χ2v) is 9.22. The highest BCUT2D eigenvalue weighted by atomic mass is 16.5. The van der Waals surface area contributed by atoms with Crippen molar-refractivity contribution >= 4 is 29.4 Å². The fourth-order valence-corrected chi connectivity index (χ4v) is 4.30. The summed E-state index contributed by atoms with van der Waals surface area (Å²) in [6, 6.07) is 17.1. The predicted molar refractivity (Wildman–Crippen MR) is 166 cm³/mol. The molecule has 2 aromatic carbocycles. The van der Waals surface area contributed by atoms with Crippen molar-refractivity contribution in [2.45, 2.75) is 33.9 Å². The van der Waals surface area contributed by atoms with E-state index in [2.05, 4.69) is 23.4 Å². The van der Waals surface area contributed by atoms with Crippen LogP contribution in [0.15, 0.2) is 84.4 Å². The molecule has 7 heteroatoms. The molecule has 1 aliphatic rings. The van der Waals surface area contributed by atoms with Gasteiger partial charge in [0.1, 0.15) is 0 Å². The molecular formula is C33H44N4O3. The van der Waals surface area contributed by atoms with E-state index in [-0.39, 0.29) is 24.6 Å². The summed E-state index contributed by atoms with van der Waals surface area (Å²) in [5.74, 6) is -0.287. The number of aliphatic imine (C=N–C) groups is 1. The molecule has 40 heavy (non-hydrogen) atoms. The van der Waals surface area contributed by atoms with Crippen molar-refractivity contribution in [2.24, 2.45) is 4.99 Å². The number of hydrogen-bond donors (Lipinski definition) is 0. The van der Waals surface area contributed by atoms with Gasteiger partial charge in [-0.2, -0.15) is 0 Å². The van der Waals surface area contributed by atoms with Crippen molar-refractivity contribution in [2.75, 3.05) is 46.9 Å². The Kier molecular flexibility index (Phi) is 13.6. The van der Waals surface area contributed by atoms with Crippen LogP contribution < -0.4 is 0 Å². The molecule has 1 unspecified atom stereocenters. The van der Waals surface area contributed by atoms with Gasteiger partial charge in [0.2, 0.25) is 5.91 Å². The zero-order valence-corrected chi connectivity index (χ0v) is 24.8. The van der Waals surface area contributed by atoms with E-state index in [1.165, 1.54) is 7.11 Å². The van der Waals surface area contributed by atoms with Gasteiger partial charge in [0.05, 0.1) is 25.4 Å². The summed E-state index contributed by atoms with van der Waals surface area (Å²) in [6.07, 6.45) is 7.79. The van der Waals surface area contributed by atoms with Gasteiger partial charge in [-0.3, -0.25) is 14.7 Å². The topological polar surface area (TPSA) is 65.5 Å². The number of rotatable bonds is 10. The molecule has 0 N–H and O–H groups in total. The molecule has 2 aromatic rings. The first kappa shape index (κ1) is 32.2. The second kappa shape index (κ2) is 16.9. The lowest BCUT2D eigenvalue weighted by Gasteiger charge is -2.37. The highest BCUT2D eigenvalue weighted by Gasteiger charge is 2.25. The molecule has 1 aliphatic heterocycles. The van der Waals surface area contributed by atoms with Crippen LogP contribution in [0.3, 0.4) is 0 Å². The van der Waals surface area contributed by atoms with E-state index in [0.717, 1.165) is 35.5 Å². The Bertz CT molecular complexity index is 1180. The number of hydrogen-bond acceptors (Lipinski definition) is 6.